The first-order chi connectivity index (χ1) is 10.1. The minimum atomic E-state index is -0.391. The van der Waals surface area contributed by atoms with Crippen molar-refractivity contribution < 1.29 is 14.3 Å². The van der Waals surface area contributed by atoms with Crippen LogP contribution in [-0.4, -0.2) is 18.9 Å². The van der Waals surface area contributed by atoms with E-state index in [2.05, 4.69) is 4.74 Å². The zero-order valence-electron chi connectivity index (χ0n) is 11.4. The molecule has 0 bridgehead atoms. The maximum atomic E-state index is 12.0. The second-order valence-electron chi connectivity index (χ2n) is 4.29. The van der Waals surface area contributed by atoms with E-state index in [-0.39, 0.29) is 5.78 Å². The molecule has 0 atom stereocenters. The molecule has 2 rings (SSSR count). The van der Waals surface area contributed by atoms with Gasteiger partial charge in [-0.05, 0) is 35.9 Å². The van der Waals surface area contributed by atoms with Crippen LogP contribution in [0.2, 0.25) is 5.02 Å². The Labute approximate surface area is 127 Å². The second-order valence-corrected chi connectivity index (χ2v) is 4.70. The van der Waals surface area contributed by atoms with Crippen LogP contribution in [0.3, 0.4) is 0 Å². The van der Waals surface area contributed by atoms with Gasteiger partial charge in [0, 0.05) is 5.56 Å². The summed E-state index contributed by atoms with van der Waals surface area (Å²) >= 11 is 5.97. The fourth-order valence-corrected chi connectivity index (χ4v) is 2.00. The van der Waals surface area contributed by atoms with Crippen LogP contribution < -0.4 is 0 Å². The molecular formula is C17H13ClO3. The number of esters is 1. The van der Waals surface area contributed by atoms with Crippen LogP contribution in [-0.2, 0) is 4.74 Å². The van der Waals surface area contributed by atoms with Gasteiger partial charge in [-0.15, -0.1) is 0 Å². The molecule has 0 spiro atoms. The van der Waals surface area contributed by atoms with Crippen LogP contribution in [0, 0.1) is 0 Å². The van der Waals surface area contributed by atoms with Crippen molar-refractivity contribution in [1.29, 1.82) is 0 Å². The molecule has 0 aliphatic carbocycles. The molecule has 21 heavy (non-hydrogen) atoms. The summed E-state index contributed by atoms with van der Waals surface area (Å²) in [4.78, 5) is 23.3. The molecule has 0 saturated heterocycles. The lowest BCUT2D eigenvalue weighted by Crippen LogP contribution is -2.00. The molecule has 4 heteroatoms. The molecule has 0 fully saturated rings. The Kier molecular flexibility index (Phi) is 4.90. The van der Waals surface area contributed by atoms with E-state index >= 15 is 0 Å². The molecular weight excluding hydrogens is 288 g/mol. The van der Waals surface area contributed by atoms with Crippen LogP contribution >= 0.6 is 11.6 Å². The van der Waals surface area contributed by atoms with Crippen LogP contribution in [0.25, 0.3) is 6.08 Å². The van der Waals surface area contributed by atoms with Gasteiger partial charge in [-0.1, -0.05) is 41.9 Å². The number of methoxy groups -OCH3 is 1. The Morgan fingerprint density at radius 2 is 1.71 bits per heavy atom. The van der Waals surface area contributed by atoms with Crippen molar-refractivity contribution in [3.05, 3.63) is 76.3 Å². The lowest BCUT2D eigenvalue weighted by atomic mass is 10.1. The summed E-state index contributed by atoms with van der Waals surface area (Å²) in [6, 6.07) is 13.7. The highest BCUT2D eigenvalue weighted by Crippen LogP contribution is 2.16. The Morgan fingerprint density at radius 1 is 1.05 bits per heavy atom. The molecule has 0 N–H and O–H groups in total. The Balaban J connectivity index is 2.13. The minimum Gasteiger partial charge on any atom is -0.465 e. The molecule has 0 radical (unpaired) electrons. The SMILES string of the molecule is COC(=O)c1ccc(/C=C/C(=O)c2ccccc2Cl)cc1. The summed E-state index contributed by atoms with van der Waals surface area (Å²) in [6.45, 7) is 0. The molecule has 2 aromatic rings. The van der Waals surface area contributed by atoms with Gasteiger partial charge in [-0.25, -0.2) is 4.79 Å². The van der Waals surface area contributed by atoms with Crippen LogP contribution in [0.1, 0.15) is 26.3 Å². The molecule has 0 aliphatic heterocycles. The van der Waals surface area contributed by atoms with E-state index < -0.39 is 5.97 Å². The molecule has 106 valence electrons. The van der Waals surface area contributed by atoms with E-state index in [9.17, 15) is 9.59 Å². The van der Waals surface area contributed by atoms with Gasteiger partial charge < -0.3 is 4.74 Å². The van der Waals surface area contributed by atoms with Gasteiger partial charge in [0.05, 0.1) is 17.7 Å². The van der Waals surface area contributed by atoms with Gasteiger partial charge in [0.25, 0.3) is 0 Å². The molecule has 2 aromatic carbocycles. The third-order valence-electron chi connectivity index (χ3n) is 2.90. The van der Waals surface area contributed by atoms with Crippen molar-refractivity contribution in [2.45, 2.75) is 0 Å². The smallest absolute Gasteiger partial charge is 0.337 e. The van der Waals surface area contributed by atoms with Gasteiger partial charge in [0.1, 0.15) is 0 Å². The van der Waals surface area contributed by atoms with Gasteiger partial charge in [0.2, 0.25) is 0 Å². The van der Waals surface area contributed by atoms with Gasteiger partial charge in [0.15, 0.2) is 5.78 Å². The maximum absolute atomic E-state index is 12.0. The average Bonchev–Trinajstić information content (AvgIpc) is 2.52. The Morgan fingerprint density at radius 3 is 2.33 bits per heavy atom. The van der Waals surface area contributed by atoms with E-state index in [0.29, 0.717) is 16.1 Å². The number of carbonyl (C=O) groups is 2. The van der Waals surface area contributed by atoms with Crippen LogP contribution in [0.15, 0.2) is 54.6 Å². The number of halogens is 1. The quantitative estimate of drug-likeness (QED) is 0.486. The topological polar surface area (TPSA) is 43.4 Å². The predicted molar refractivity (Wildman–Crippen MR) is 82.6 cm³/mol. The highest BCUT2D eigenvalue weighted by Gasteiger charge is 2.06. The number of benzene rings is 2. The Bertz CT molecular complexity index is 687. The number of carbonyl (C=O) groups excluding carboxylic acids is 2. The molecule has 0 amide bonds. The number of ketones is 1. The monoisotopic (exact) mass is 300 g/mol. The third-order valence-corrected chi connectivity index (χ3v) is 3.23. The lowest BCUT2D eigenvalue weighted by molar-refractivity contribution is 0.0600. The molecule has 0 heterocycles. The van der Waals surface area contributed by atoms with Crippen molar-refractivity contribution in [1.82, 2.24) is 0 Å². The number of hydrogen-bond acceptors (Lipinski definition) is 3. The first kappa shape index (κ1) is 15.0. The normalized spacial score (nSPS) is 10.6. The highest BCUT2D eigenvalue weighted by atomic mass is 35.5. The van der Waals surface area contributed by atoms with E-state index in [0.717, 1.165) is 5.56 Å². The first-order valence-electron chi connectivity index (χ1n) is 6.27. The standard InChI is InChI=1S/C17H13ClO3/c1-21-17(20)13-9-6-12(7-10-13)8-11-16(19)14-4-2-3-5-15(14)18/h2-11H,1H3/b11-8+. The van der Waals surface area contributed by atoms with E-state index in [1.807, 2.05) is 0 Å². The third kappa shape index (κ3) is 3.80. The fraction of sp³-hybridized carbons (Fsp3) is 0.0588. The summed E-state index contributed by atoms with van der Waals surface area (Å²) in [7, 11) is 1.33. The highest BCUT2D eigenvalue weighted by molar-refractivity contribution is 6.34. The molecule has 0 saturated carbocycles. The van der Waals surface area contributed by atoms with Crippen molar-refractivity contribution in [3.8, 4) is 0 Å². The minimum absolute atomic E-state index is 0.169. The number of rotatable bonds is 4. The zero-order valence-corrected chi connectivity index (χ0v) is 12.1. The van der Waals surface area contributed by atoms with Gasteiger partial charge in [-0.3, -0.25) is 4.79 Å². The van der Waals surface area contributed by atoms with Crippen molar-refractivity contribution in [2.24, 2.45) is 0 Å². The van der Waals surface area contributed by atoms with Crippen molar-refractivity contribution in [2.75, 3.05) is 7.11 Å². The average molecular weight is 301 g/mol. The van der Waals surface area contributed by atoms with Gasteiger partial charge in [-0.2, -0.15) is 0 Å². The summed E-state index contributed by atoms with van der Waals surface area (Å²) < 4.78 is 4.62. The zero-order chi connectivity index (χ0) is 15.2. The maximum Gasteiger partial charge on any atom is 0.337 e. The summed E-state index contributed by atoms with van der Waals surface area (Å²) in [5, 5.41) is 0.424. The molecule has 0 unspecified atom stereocenters. The Hall–Kier alpha value is -2.39. The van der Waals surface area contributed by atoms with Crippen LogP contribution in [0.5, 0.6) is 0 Å². The molecule has 0 aromatic heterocycles. The number of allylic oxidation sites excluding steroid dienone is 1. The lowest BCUT2D eigenvalue weighted by Gasteiger charge is -2.00. The molecule has 3 nitrogen and oxygen atoms in total. The fourth-order valence-electron chi connectivity index (χ4n) is 1.77. The summed E-state index contributed by atoms with van der Waals surface area (Å²) in [5.74, 6) is -0.560. The largest absolute Gasteiger partial charge is 0.465 e. The molecule has 0 aliphatic rings. The summed E-state index contributed by atoms with van der Waals surface area (Å²) in [5.41, 5.74) is 1.73. The summed E-state index contributed by atoms with van der Waals surface area (Å²) in [6.07, 6.45) is 3.13. The second kappa shape index (κ2) is 6.86. The van der Waals surface area contributed by atoms with Crippen molar-refractivity contribution in [3.63, 3.8) is 0 Å². The van der Waals surface area contributed by atoms with E-state index in [1.165, 1.54) is 13.2 Å². The van der Waals surface area contributed by atoms with E-state index in [4.69, 9.17) is 11.6 Å². The predicted octanol–water partition coefficient (Wildman–Crippen LogP) is 4.02. The number of ether oxygens (including phenoxy) is 1. The van der Waals surface area contributed by atoms with Crippen LogP contribution in [0.4, 0.5) is 0 Å². The van der Waals surface area contributed by atoms with Crippen molar-refractivity contribution >= 4 is 29.4 Å². The van der Waals surface area contributed by atoms with E-state index in [1.54, 1.807) is 54.6 Å². The first-order valence-corrected chi connectivity index (χ1v) is 6.65. The van der Waals surface area contributed by atoms with Gasteiger partial charge >= 0.3 is 5.97 Å². The number of hydrogen-bond donors (Lipinski definition) is 0.